The summed E-state index contributed by atoms with van der Waals surface area (Å²) in [5.74, 6) is 0.439. The average Bonchev–Trinajstić information content (AvgIpc) is 3.30. The number of aliphatic hydroxyl groups excluding tert-OH is 1. The van der Waals surface area contributed by atoms with Gasteiger partial charge in [0, 0.05) is 11.9 Å². The van der Waals surface area contributed by atoms with E-state index in [-0.39, 0.29) is 5.91 Å². The molecule has 2 N–H and O–H groups in total. The van der Waals surface area contributed by atoms with Crippen molar-refractivity contribution in [1.82, 2.24) is 24.9 Å². The molecule has 0 radical (unpaired) electrons. The molecule has 0 spiro atoms. The molecule has 0 bridgehead atoms. The van der Waals surface area contributed by atoms with E-state index in [2.05, 4.69) is 15.3 Å². The summed E-state index contributed by atoms with van der Waals surface area (Å²) in [5.41, 5.74) is 3.48. The molecule has 134 valence electrons. The number of para-hydroxylation sites is 1. The summed E-state index contributed by atoms with van der Waals surface area (Å²) >= 11 is 0. The number of hydrogen-bond donors (Lipinski definition) is 2. The quantitative estimate of drug-likeness (QED) is 0.750. The molecule has 26 heavy (non-hydrogen) atoms. The van der Waals surface area contributed by atoms with E-state index in [0.29, 0.717) is 32.0 Å². The molecule has 1 saturated carbocycles. The first-order chi connectivity index (χ1) is 12.7. The van der Waals surface area contributed by atoms with Gasteiger partial charge in [0.15, 0.2) is 0 Å². The summed E-state index contributed by atoms with van der Waals surface area (Å²) in [4.78, 5) is 14.6. The van der Waals surface area contributed by atoms with E-state index >= 15 is 0 Å². The van der Waals surface area contributed by atoms with E-state index in [1.165, 1.54) is 0 Å². The Morgan fingerprint density at radius 2 is 2.15 bits per heavy atom. The molecule has 0 unspecified atom stereocenters. The lowest BCUT2D eigenvalue weighted by atomic mass is 10.1. The monoisotopic (exact) mass is 351 g/mol. The number of nitrogens with one attached hydrogen (secondary N) is 1. The first-order valence-electron chi connectivity index (χ1n) is 9.13. The van der Waals surface area contributed by atoms with Crippen molar-refractivity contribution >= 4 is 16.8 Å². The molecule has 7 heteroatoms. The Morgan fingerprint density at radius 1 is 1.31 bits per heavy atom. The third-order valence-corrected chi connectivity index (χ3v) is 5.41. The predicted octanol–water partition coefficient (Wildman–Crippen LogP) is 1.79. The molecule has 1 fully saturated rings. The second kappa shape index (κ2) is 5.95. The van der Waals surface area contributed by atoms with Crippen LogP contribution in [0.3, 0.4) is 0 Å². The zero-order chi connectivity index (χ0) is 17.7. The molecule has 3 heterocycles. The third-order valence-electron chi connectivity index (χ3n) is 5.41. The number of carbonyl (C=O) groups excluding carboxylic acids is 1. The minimum atomic E-state index is -0.464. The summed E-state index contributed by atoms with van der Waals surface area (Å²) in [6.07, 6.45) is 2.00. The van der Waals surface area contributed by atoms with Gasteiger partial charge in [-0.05, 0) is 30.9 Å². The van der Waals surface area contributed by atoms with Gasteiger partial charge in [0.25, 0.3) is 0 Å². The number of amides is 1. The van der Waals surface area contributed by atoms with Crippen LogP contribution in [0, 0.1) is 5.92 Å². The number of H-pyrrole nitrogens is 1. The van der Waals surface area contributed by atoms with Gasteiger partial charge in [-0.15, -0.1) is 0 Å². The highest BCUT2D eigenvalue weighted by molar-refractivity contribution is 5.87. The molecule has 7 nitrogen and oxygen atoms in total. The molecule has 1 aliphatic heterocycles. The molecule has 3 aromatic rings. The molecule has 1 amide bonds. The molecule has 1 atom stereocenters. The Bertz CT molecular complexity index is 971. The van der Waals surface area contributed by atoms with Crippen molar-refractivity contribution in [3.63, 3.8) is 0 Å². The summed E-state index contributed by atoms with van der Waals surface area (Å²) in [5, 5.41) is 23.1. The number of carbonyl (C=O) groups is 1. The van der Waals surface area contributed by atoms with E-state index in [1.807, 2.05) is 39.9 Å². The zero-order valence-corrected chi connectivity index (χ0v) is 14.4. The van der Waals surface area contributed by atoms with Crippen molar-refractivity contribution in [3.05, 3.63) is 47.4 Å². The number of fused-ring (bicyclic) bond motifs is 2. The minimum absolute atomic E-state index is 0.0798. The SMILES string of the molecule is O=C(Cc1[nH]nc2ccccc12)N1CCn2nc([C@H](O)C3CC3)cc2C1. The van der Waals surface area contributed by atoms with Crippen molar-refractivity contribution in [2.75, 3.05) is 6.54 Å². The first-order valence-corrected chi connectivity index (χ1v) is 9.13. The van der Waals surface area contributed by atoms with Crippen molar-refractivity contribution < 1.29 is 9.90 Å². The largest absolute Gasteiger partial charge is 0.386 e. The van der Waals surface area contributed by atoms with Crippen LogP contribution in [0.2, 0.25) is 0 Å². The lowest BCUT2D eigenvalue weighted by Gasteiger charge is -2.27. The van der Waals surface area contributed by atoms with Crippen molar-refractivity contribution in [2.45, 2.75) is 38.5 Å². The fourth-order valence-corrected chi connectivity index (χ4v) is 3.71. The van der Waals surface area contributed by atoms with Crippen LogP contribution in [-0.4, -0.2) is 42.4 Å². The second-order valence-electron chi connectivity index (χ2n) is 7.28. The molecule has 2 aliphatic rings. The summed E-state index contributed by atoms with van der Waals surface area (Å²) in [6.45, 7) is 1.84. The van der Waals surface area contributed by atoms with Gasteiger partial charge in [-0.1, -0.05) is 18.2 Å². The highest BCUT2D eigenvalue weighted by Gasteiger charge is 2.33. The minimum Gasteiger partial charge on any atom is -0.386 e. The van der Waals surface area contributed by atoms with E-state index in [1.54, 1.807) is 0 Å². The number of rotatable bonds is 4. The van der Waals surface area contributed by atoms with Crippen LogP contribution in [0.15, 0.2) is 30.3 Å². The van der Waals surface area contributed by atoms with Crippen LogP contribution >= 0.6 is 0 Å². The van der Waals surface area contributed by atoms with Crippen LogP contribution in [0.25, 0.3) is 10.9 Å². The lowest BCUT2D eigenvalue weighted by molar-refractivity contribution is -0.132. The maximum atomic E-state index is 12.8. The maximum absolute atomic E-state index is 12.8. The van der Waals surface area contributed by atoms with Crippen LogP contribution in [0.4, 0.5) is 0 Å². The highest BCUT2D eigenvalue weighted by Crippen LogP contribution is 2.40. The lowest BCUT2D eigenvalue weighted by Crippen LogP contribution is -2.39. The Labute approximate surface area is 150 Å². The predicted molar refractivity (Wildman–Crippen MR) is 95.1 cm³/mol. The Balaban J connectivity index is 1.31. The number of hydrogen-bond acceptors (Lipinski definition) is 4. The van der Waals surface area contributed by atoms with Gasteiger partial charge in [-0.3, -0.25) is 14.6 Å². The van der Waals surface area contributed by atoms with E-state index in [0.717, 1.165) is 40.8 Å². The molecule has 0 saturated heterocycles. The first kappa shape index (κ1) is 15.6. The van der Waals surface area contributed by atoms with Gasteiger partial charge in [-0.2, -0.15) is 10.2 Å². The van der Waals surface area contributed by atoms with E-state index in [4.69, 9.17) is 0 Å². The van der Waals surface area contributed by atoms with Crippen molar-refractivity contribution in [3.8, 4) is 0 Å². The van der Waals surface area contributed by atoms with E-state index in [9.17, 15) is 9.90 Å². The van der Waals surface area contributed by atoms with Crippen molar-refractivity contribution in [1.29, 1.82) is 0 Å². The topological polar surface area (TPSA) is 87.0 Å². The van der Waals surface area contributed by atoms with Crippen LogP contribution in [0.5, 0.6) is 0 Å². The van der Waals surface area contributed by atoms with Crippen LogP contribution < -0.4 is 0 Å². The summed E-state index contributed by atoms with van der Waals surface area (Å²) in [7, 11) is 0. The molecular weight excluding hydrogens is 330 g/mol. The zero-order valence-electron chi connectivity index (χ0n) is 14.4. The van der Waals surface area contributed by atoms with E-state index < -0.39 is 6.10 Å². The Kier molecular flexibility index (Phi) is 3.56. The summed E-state index contributed by atoms with van der Waals surface area (Å²) < 4.78 is 1.93. The van der Waals surface area contributed by atoms with Gasteiger partial charge in [0.2, 0.25) is 5.91 Å². The number of aromatic nitrogens is 4. The summed E-state index contributed by atoms with van der Waals surface area (Å²) in [6, 6.07) is 9.77. The van der Waals surface area contributed by atoms with Gasteiger partial charge in [0.05, 0.1) is 42.1 Å². The van der Waals surface area contributed by atoms with Gasteiger partial charge in [0.1, 0.15) is 6.10 Å². The fourth-order valence-electron chi connectivity index (χ4n) is 3.71. The molecule has 1 aliphatic carbocycles. The standard InChI is InChI=1S/C19H21N5O2/c25-18(10-16-14-3-1-2-4-15(14)20-21-16)23-7-8-24-13(11-23)9-17(22-24)19(26)12-5-6-12/h1-4,9,12,19,26H,5-8,10-11H2,(H,20,21)/t19-/m1/s1. The fraction of sp³-hybridized carbons (Fsp3) is 0.421. The Hall–Kier alpha value is -2.67. The van der Waals surface area contributed by atoms with Crippen LogP contribution in [0.1, 0.15) is 36.0 Å². The molecule has 1 aromatic carbocycles. The Morgan fingerprint density at radius 3 is 3.00 bits per heavy atom. The van der Waals surface area contributed by atoms with Crippen molar-refractivity contribution in [2.24, 2.45) is 5.92 Å². The number of aromatic amines is 1. The smallest absolute Gasteiger partial charge is 0.229 e. The highest BCUT2D eigenvalue weighted by atomic mass is 16.3. The second-order valence-corrected chi connectivity index (χ2v) is 7.28. The normalized spacial score (nSPS) is 18.1. The van der Waals surface area contributed by atoms with Gasteiger partial charge < -0.3 is 10.0 Å². The molecular formula is C19H21N5O2. The number of nitrogens with zero attached hydrogens (tertiary/aromatic N) is 4. The van der Waals surface area contributed by atoms with Gasteiger partial charge >= 0.3 is 0 Å². The van der Waals surface area contributed by atoms with Gasteiger partial charge in [-0.25, -0.2) is 0 Å². The molecule has 2 aromatic heterocycles. The average molecular weight is 351 g/mol. The van der Waals surface area contributed by atoms with Crippen LogP contribution in [-0.2, 0) is 24.3 Å². The maximum Gasteiger partial charge on any atom is 0.229 e. The number of benzene rings is 1. The third kappa shape index (κ3) is 2.68. The molecule has 5 rings (SSSR count). The number of aliphatic hydroxyl groups is 1.